The van der Waals surface area contributed by atoms with Crippen LogP contribution in [0.25, 0.3) is 11.6 Å². The molecule has 0 fully saturated rings. The standard InChI is InChI=1S/C24H25NO2/c1-4-23(20-13-12-17(2)18(3)15-20)25-24(26)22(16-21-11-8-14-27-21)19-9-6-5-7-10-19/h5-16,23H,4H2,1-3H3,(H,25,26)/b22-16+/t23-/m1/s1. The quantitative estimate of drug-likeness (QED) is 0.573. The molecule has 0 saturated heterocycles. The highest BCUT2D eigenvalue weighted by atomic mass is 16.3. The number of rotatable bonds is 6. The van der Waals surface area contributed by atoms with Gasteiger partial charge in [-0.15, -0.1) is 0 Å². The number of carbonyl (C=O) groups is 1. The highest BCUT2D eigenvalue weighted by molar-refractivity contribution is 6.24. The zero-order valence-electron chi connectivity index (χ0n) is 16.0. The van der Waals surface area contributed by atoms with Gasteiger partial charge < -0.3 is 9.73 Å². The predicted octanol–water partition coefficient (Wildman–Crippen LogP) is 5.70. The molecule has 138 valence electrons. The van der Waals surface area contributed by atoms with Gasteiger partial charge >= 0.3 is 0 Å². The lowest BCUT2D eigenvalue weighted by molar-refractivity contribution is -0.116. The van der Waals surface area contributed by atoms with Crippen molar-refractivity contribution < 1.29 is 9.21 Å². The summed E-state index contributed by atoms with van der Waals surface area (Å²) in [6.07, 6.45) is 4.21. The van der Waals surface area contributed by atoms with E-state index >= 15 is 0 Å². The minimum Gasteiger partial charge on any atom is -0.465 e. The van der Waals surface area contributed by atoms with Gasteiger partial charge in [-0.25, -0.2) is 0 Å². The van der Waals surface area contributed by atoms with Gasteiger partial charge in [-0.2, -0.15) is 0 Å². The molecule has 0 aliphatic rings. The minimum atomic E-state index is -0.109. The monoisotopic (exact) mass is 359 g/mol. The Balaban J connectivity index is 1.90. The molecule has 1 amide bonds. The molecule has 3 nitrogen and oxygen atoms in total. The van der Waals surface area contributed by atoms with Gasteiger partial charge in [0.1, 0.15) is 5.76 Å². The van der Waals surface area contributed by atoms with Crippen LogP contribution in [0, 0.1) is 13.8 Å². The second kappa shape index (κ2) is 8.54. The molecule has 3 rings (SSSR count). The lowest BCUT2D eigenvalue weighted by atomic mass is 9.98. The first-order valence-electron chi connectivity index (χ1n) is 9.27. The smallest absolute Gasteiger partial charge is 0.252 e. The highest BCUT2D eigenvalue weighted by Crippen LogP contribution is 2.23. The lowest BCUT2D eigenvalue weighted by Gasteiger charge is -2.20. The molecule has 2 aromatic carbocycles. The van der Waals surface area contributed by atoms with E-state index in [2.05, 4.69) is 44.3 Å². The molecule has 0 spiro atoms. The fraction of sp³-hybridized carbons (Fsp3) is 0.208. The van der Waals surface area contributed by atoms with Crippen molar-refractivity contribution in [1.29, 1.82) is 0 Å². The van der Waals surface area contributed by atoms with Crippen molar-refractivity contribution >= 4 is 17.6 Å². The Hall–Kier alpha value is -3.07. The SMILES string of the molecule is CC[C@@H](NC(=O)/C(=C/c1ccco1)c1ccccc1)c1ccc(C)c(C)c1. The van der Waals surface area contributed by atoms with Gasteiger partial charge in [-0.3, -0.25) is 4.79 Å². The molecule has 3 heteroatoms. The first-order valence-corrected chi connectivity index (χ1v) is 9.27. The largest absolute Gasteiger partial charge is 0.465 e. The van der Waals surface area contributed by atoms with Gasteiger partial charge in [0.2, 0.25) is 0 Å². The van der Waals surface area contributed by atoms with E-state index in [-0.39, 0.29) is 11.9 Å². The molecule has 0 aliphatic carbocycles. The predicted molar refractivity (Wildman–Crippen MR) is 110 cm³/mol. The Morgan fingerprint density at radius 3 is 2.44 bits per heavy atom. The third-order valence-corrected chi connectivity index (χ3v) is 4.81. The summed E-state index contributed by atoms with van der Waals surface area (Å²) < 4.78 is 5.42. The molecule has 0 unspecified atom stereocenters. The Morgan fingerprint density at radius 1 is 1.04 bits per heavy atom. The van der Waals surface area contributed by atoms with Crippen LogP contribution in [-0.2, 0) is 4.79 Å². The van der Waals surface area contributed by atoms with Crippen LogP contribution in [0.15, 0.2) is 71.3 Å². The molecule has 0 saturated carbocycles. The Kier molecular flexibility index (Phi) is 5.92. The summed E-state index contributed by atoms with van der Waals surface area (Å²) in [5.41, 5.74) is 5.06. The van der Waals surface area contributed by atoms with E-state index in [0.717, 1.165) is 17.5 Å². The van der Waals surface area contributed by atoms with Crippen LogP contribution in [0.3, 0.4) is 0 Å². The highest BCUT2D eigenvalue weighted by Gasteiger charge is 2.18. The van der Waals surface area contributed by atoms with Gasteiger partial charge in [0.25, 0.3) is 5.91 Å². The molecule has 27 heavy (non-hydrogen) atoms. The summed E-state index contributed by atoms with van der Waals surface area (Å²) in [5.74, 6) is 0.547. The van der Waals surface area contributed by atoms with E-state index in [4.69, 9.17) is 4.42 Å². The maximum Gasteiger partial charge on any atom is 0.252 e. The average Bonchev–Trinajstić information content (AvgIpc) is 3.20. The van der Waals surface area contributed by atoms with Crippen LogP contribution in [0.2, 0.25) is 0 Å². The van der Waals surface area contributed by atoms with Crippen molar-refractivity contribution in [3.63, 3.8) is 0 Å². The van der Waals surface area contributed by atoms with Crippen molar-refractivity contribution in [3.8, 4) is 0 Å². The number of hydrogen-bond donors (Lipinski definition) is 1. The van der Waals surface area contributed by atoms with Crippen LogP contribution in [0.5, 0.6) is 0 Å². The molecule has 0 bridgehead atoms. The van der Waals surface area contributed by atoms with Gasteiger partial charge in [0, 0.05) is 0 Å². The molecule has 0 aliphatic heterocycles. The first kappa shape index (κ1) is 18.7. The number of amides is 1. The third-order valence-electron chi connectivity index (χ3n) is 4.81. The van der Waals surface area contributed by atoms with Crippen LogP contribution in [0.1, 0.15) is 47.4 Å². The van der Waals surface area contributed by atoms with Gasteiger partial charge in [-0.05, 0) is 60.7 Å². The van der Waals surface area contributed by atoms with E-state index in [1.165, 1.54) is 11.1 Å². The molecule has 1 aromatic heterocycles. The number of carbonyl (C=O) groups excluding carboxylic acids is 1. The molecular formula is C24H25NO2. The Bertz CT molecular complexity index is 924. The van der Waals surface area contributed by atoms with Crippen molar-refractivity contribution in [3.05, 3.63) is 94.9 Å². The molecule has 1 N–H and O–H groups in total. The van der Waals surface area contributed by atoms with Crippen LogP contribution in [-0.4, -0.2) is 5.91 Å². The second-order valence-electron chi connectivity index (χ2n) is 6.72. The lowest BCUT2D eigenvalue weighted by Crippen LogP contribution is -2.29. The van der Waals surface area contributed by atoms with E-state index < -0.39 is 0 Å². The molecule has 1 atom stereocenters. The van der Waals surface area contributed by atoms with Crippen molar-refractivity contribution in [2.75, 3.05) is 0 Å². The molecule has 1 heterocycles. The van der Waals surface area contributed by atoms with E-state index in [1.807, 2.05) is 42.5 Å². The summed E-state index contributed by atoms with van der Waals surface area (Å²) in [5, 5.41) is 3.19. The normalized spacial score (nSPS) is 12.6. The topological polar surface area (TPSA) is 42.2 Å². The van der Waals surface area contributed by atoms with E-state index in [9.17, 15) is 4.79 Å². The fourth-order valence-electron chi connectivity index (χ4n) is 3.05. The second-order valence-corrected chi connectivity index (χ2v) is 6.72. The van der Waals surface area contributed by atoms with Gasteiger partial charge in [0.05, 0.1) is 17.9 Å². The number of aryl methyl sites for hydroxylation is 2. The van der Waals surface area contributed by atoms with Crippen LogP contribution < -0.4 is 5.32 Å². The van der Waals surface area contributed by atoms with Gasteiger partial charge in [0.15, 0.2) is 0 Å². The molecule has 3 aromatic rings. The number of benzene rings is 2. The van der Waals surface area contributed by atoms with Gasteiger partial charge in [-0.1, -0.05) is 55.5 Å². The maximum absolute atomic E-state index is 13.1. The van der Waals surface area contributed by atoms with Crippen LogP contribution >= 0.6 is 0 Å². The van der Waals surface area contributed by atoms with E-state index in [1.54, 1.807) is 12.3 Å². The van der Waals surface area contributed by atoms with Crippen molar-refractivity contribution in [2.45, 2.75) is 33.2 Å². The summed E-state index contributed by atoms with van der Waals surface area (Å²) in [6, 6.07) is 19.6. The van der Waals surface area contributed by atoms with E-state index in [0.29, 0.717) is 11.3 Å². The number of hydrogen-bond acceptors (Lipinski definition) is 2. The average molecular weight is 359 g/mol. The molecule has 0 radical (unpaired) electrons. The number of nitrogens with one attached hydrogen (secondary N) is 1. The Labute approximate surface area is 160 Å². The summed E-state index contributed by atoms with van der Waals surface area (Å²) >= 11 is 0. The minimum absolute atomic E-state index is 0.0412. The zero-order valence-corrected chi connectivity index (χ0v) is 16.0. The van der Waals surface area contributed by atoms with Crippen LogP contribution in [0.4, 0.5) is 0 Å². The summed E-state index contributed by atoms with van der Waals surface area (Å²) in [4.78, 5) is 13.1. The Morgan fingerprint density at radius 2 is 1.81 bits per heavy atom. The summed E-state index contributed by atoms with van der Waals surface area (Å²) in [6.45, 7) is 6.27. The number of furan rings is 1. The summed E-state index contributed by atoms with van der Waals surface area (Å²) in [7, 11) is 0. The zero-order chi connectivity index (χ0) is 19.2. The van der Waals surface area contributed by atoms with Crippen molar-refractivity contribution in [1.82, 2.24) is 5.32 Å². The fourth-order valence-corrected chi connectivity index (χ4v) is 3.05. The van der Waals surface area contributed by atoms with Crippen molar-refractivity contribution in [2.24, 2.45) is 0 Å². The molecular weight excluding hydrogens is 334 g/mol. The third kappa shape index (κ3) is 4.56. The first-order chi connectivity index (χ1) is 13.1. The maximum atomic E-state index is 13.1.